The smallest absolute Gasteiger partial charge is 0.323 e. The Morgan fingerprint density at radius 3 is 2.26 bits per heavy atom. The number of methoxy groups -OCH3 is 1. The summed E-state index contributed by atoms with van der Waals surface area (Å²) in [5.41, 5.74) is 6.66. The highest BCUT2D eigenvalue weighted by molar-refractivity contribution is 6.08. The highest BCUT2D eigenvalue weighted by Crippen LogP contribution is 2.37. The molecule has 0 unspecified atom stereocenters. The van der Waals surface area contributed by atoms with E-state index in [-0.39, 0.29) is 23.1 Å². The molecule has 0 bridgehead atoms. The Hall–Kier alpha value is -5.18. The minimum Gasteiger partial charge on any atom is -0.497 e. The lowest BCUT2D eigenvalue weighted by molar-refractivity contribution is 0.262. The molecule has 9 heteroatoms. The van der Waals surface area contributed by atoms with Crippen LogP contribution in [0.5, 0.6) is 5.75 Å². The van der Waals surface area contributed by atoms with Gasteiger partial charge in [-0.2, -0.15) is 0 Å². The van der Waals surface area contributed by atoms with Crippen molar-refractivity contribution in [2.45, 2.75) is 72.4 Å². The number of nitrogens with zero attached hydrogens (tertiary/aromatic N) is 3. The molecular formula is C38H44N6O3. The summed E-state index contributed by atoms with van der Waals surface area (Å²) in [4.78, 5) is 37.0. The van der Waals surface area contributed by atoms with Gasteiger partial charge in [0.15, 0.2) is 0 Å². The van der Waals surface area contributed by atoms with E-state index in [1.165, 1.54) is 0 Å². The summed E-state index contributed by atoms with van der Waals surface area (Å²) in [6.45, 7) is 11.7. The second-order valence-corrected chi connectivity index (χ2v) is 12.3. The van der Waals surface area contributed by atoms with Gasteiger partial charge in [-0.15, -0.1) is 0 Å². The Morgan fingerprint density at radius 2 is 1.60 bits per heavy atom. The fourth-order valence-corrected chi connectivity index (χ4v) is 5.81. The molecule has 5 rings (SSSR count). The van der Waals surface area contributed by atoms with Crippen molar-refractivity contribution in [1.82, 2.24) is 14.5 Å². The van der Waals surface area contributed by atoms with Crippen molar-refractivity contribution < 1.29 is 9.53 Å². The Labute approximate surface area is 276 Å². The highest BCUT2D eigenvalue weighted by atomic mass is 16.5. The molecule has 0 saturated heterocycles. The first-order chi connectivity index (χ1) is 22.7. The van der Waals surface area contributed by atoms with Crippen LogP contribution in [-0.2, 0) is 13.1 Å². The summed E-state index contributed by atoms with van der Waals surface area (Å²) >= 11 is 0. The number of carbonyl (C=O) groups excluding carboxylic acids is 1. The average molecular weight is 633 g/mol. The van der Waals surface area contributed by atoms with Crippen LogP contribution in [0, 0.1) is 0 Å². The second-order valence-electron chi connectivity index (χ2n) is 12.3. The number of ether oxygens (including phenoxy) is 1. The zero-order chi connectivity index (χ0) is 33.5. The van der Waals surface area contributed by atoms with Crippen LogP contribution in [0.1, 0.15) is 76.0 Å². The number of amides is 2. The zero-order valence-electron chi connectivity index (χ0n) is 28.1. The van der Waals surface area contributed by atoms with Crippen LogP contribution < -0.4 is 26.2 Å². The number of urea groups is 1. The number of anilines is 3. The summed E-state index contributed by atoms with van der Waals surface area (Å²) in [6.07, 6.45) is 6.96. The number of carbonyl (C=O) groups is 1. The lowest BCUT2D eigenvalue weighted by Crippen LogP contribution is -2.30. The molecule has 9 nitrogen and oxygen atoms in total. The first-order valence-electron chi connectivity index (χ1n) is 16.3. The van der Waals surface area contributed by atoms with E-state index in [1.807, 2.05) is 48.5 Å². The van der Waals surface area contributed by atoms with E-state index >= 15 is 0 Å². The molecule has 3 N–H and O–H groups in total. The largest absolute Gasteiger partial charge is 0.497 e. The van der Waals surface area contributed by atoms with Crippen molar-refractivity contribution in [3.05, 3.63) is 106 Å². The maximum atomic E-state index is 14.2. The molecular weight excluding hydrogens is 588 g/mol. The summed E-state index contributed by atoms with van der Waals surface area (Å²) in [6, 6.07) is 18.9. The standard InChI is InChI=1S/C38H44N6O3/c1-7-8-19-44-36-30(13-10-16-40-36)33(27-11-9-12-29(20-27)47-6)35(37(44)45)43-38(46)42-34-31(24(2)3)21-28(22-32(34)25(4)5)41-23-26-14-17-39-18-15-26/h9-18,20-22,24-25,41H,7-8,19,23H2,1-6H3,(H2,42,43,46). The van der Waals surface area contributed by atoms with Crippen molar-refractivity contribution in [2.24, 2.45) is 0 Å². The SMILES string of the molecule is CCCCn1c(=O)c(NC(=O)Nc2c(C(C)C)cc(NCc3ccncc3)cc2C(C)C)c(-c2cccc(OC)c2)c2cccnc21. The van der Waals surface area contributed by atoms with Crippen molar-refractivity contribution in [2.75, 3.05) is 23.1 Å². The van der Waals surface area contributed by atoms with E-state index in [0.717, 1.165) is 51.9 Å². The second kappa shape index (κ2) is 14.9. The third-order valence-electron chi connectivity index (χ3n) is 8.28. The molecule has 3 aromatic heterocycles. The van der Waals surface area contributed by atoms with Gasteiger partial charge >= 0.3 is 6.03 Å². The predicted molar refractivity (Wildman–Crippen MR) is 192 cm³/mol. The average Bonchev–Trinajstić information content (AvgIpc) is 3.08. The molecule has 2 aromatic carbocycles. The van der Waals surface area contributed by atoms with Crippen molar-refractivity contribution in [1.29, 1.82) is 0 Å². The van der Waals surface area contributed by atoms with Gasteiger partial charge in [-0.3, -0.25) is 14.3 Å². The van der Waals surface area contributed by atoms with Gasteiger partial charge in [-0.05, 0) is 89.0 Å². The molecule has 0 fully saturated rings. The van der Waals surface area contributed by atoms with E-state index in [2.05, 4.69) is 72.7 Å². The van der Waals surface area contributed by atoms with E-state index < -0.39 is 6.03 Å². The minimum atomic E-state index is -0.488. The van der Waals surface area contributed by atoms with Gasteiger partial charge in [0.25, 0.3) is 5.56 Å². The highest BCUT2D eigenvalue weighted by Gasteiger charge is 2.23. The van der Waals surface area contributed by atoms with Gasteiger partial charge in [-0.25, -0.2) is 9.78 Å². The van der Waals surface area contributed by atoms with Gasteiger partial charge in [0, 0.05) is 54.0 Å². The fourth-order valence-electron chi connectivity index (χ4n) is 5.81. The Bertz CT molecular complexity index is 1890. The molecule has 0 aliphatic carbocycles. The maximum Gasteiger partial charge on any atom is 0.323 e. The lowest BCUT2D eigenvalue weighted by Gasteiger charge is -2.23. The predicted octanol–water partition coefficient (Wildman–Crippen LogP) is 8.77. The maximum absolute atomic E-state index is 14.2. The number of aryl methyl sites for hydroxylation is 1. The monoisotopic (exact) mass is 632 g/mol. The van der Waals surface area contributed by atoms with E-state index in [9.17, 15) is 9.59 Å². The number of benzene rings is 2. The normalized spacial score (nSPS) is 11.2. The van der Waals surface area contributed by atoms with Crippen LogP contribution in [0.2, 0.25) is 0 Å². The van der Waals surface area contributed by atoms with Crippen LogP contribution >= 0.6 is 0 Å². The van der Waals surface area contributed by atoms with E-state index in [0.29, 0.717) is 30.0 Å². The van der Waals surface area contributed by atoms with E-state index in [1.54, 1.807) is 30.3 Å². The van der Waals surface area contributed by atoms with Crippen molar-refractivity contribution >= 4 is 34.1 Å². The Balaban J connectivity index is 1.58. The first-order valence-corrected chi connectivity index (χ1v) is 16.3. The van der Waals surface area contributed by atoms with Gasteiger partial charge in [0.2, 0.25) is 0 Å². The molecule has 5 aromatic rings. The number of aromatic nitrogens is 3. The third kappa shape index (κ3) is 7.46. The van der Waals surface area contributed by atoms with Crippen LogP contribution in [0.25, 0.3) is 22.2 Å². The number of rotatable bonds is 12. The van der Waals surface area contributed by atoms with Crippen LogP contribution in [0.15, 0.2) is 84.0 Å². The zero-order valence-corrected chi connectivity index (χ0v) is 28.1. The molecule has 0 atom stereocenters. The Kier molecular flexibility index (Phi) is 10.6. The number of fused-ring (bicyclic) bond motifs is 1. The molecule has 0 saturated carbocycles. The number of nitrogens with one attached hydrogen (secondary N) is 3. The van der Waals surface area contributed by atoms with Gasteiger partial charge in [0.05, 0.1) is 7.11 Å². The fraction of sp³-hybridized carbons (Fsp3) is 0.316. The first kappa shape index (κ1) is 33.2. The summed E-state index contributed by atoms with van der Waals surface area (Å²) in [5, 5.41) is 10.5. The lowest BCUT2D eigenvalue weighted by atomic mass is 9.91. The number of hydrogen-bond donors (Lipinski definition) is 3. The molecule has 3 heterocycles. The molecule has 47 heavy (non-hydrogen) atoms. The summed E-state index contributed by atoms with van der Waals surface area (Å²) in [7, 11) is 1.60. The number of unbranched alkanes of at least 4 members (excludes halogenated alkanes) is 1. The van der Waals surface area contributed by atoms with Crippen LogP contribution in [-0.4, -0.2) is 27.7 Å². The van der Waals surface area contributed by atoms with Crippen LogP contribution in [0.3, 0.4) is 0 Å². The topological polar surface area (TPSA) is 110 Å². The van der Waals surface area contributed by atoms with Gasteiger partial charge < -0.3 is 20.7 Å². The van der Waals surface area contributed by atoms with Crippen molar-refractivity contribution in [3.8, 4) is 16.9 Å². The molecule has 2 amide bonds. The molecule has 0 aliphatic rings. The minimum absolute atomic E-state index is 0.121. The molecule has 0 spiro atoms. The molecule has 244 valence electrons. The third-order valence-corrected chi connectivity index (χ3v) is 8.28. The van der Waals surface area contributed by atoms with Crippen molar-refractivity contribution in [3.63, 3.8) is 0 Å². The number of hydrogen-bond acceptors (Lipinski definition) is 6. The van der Waals surface area contributed by atoms with Gasteiger partial charge in [-0.1, -0.05) is 53.2 Å². The van der Waals surface area contributed by atoms with Crippen LogP contribution in [0.4, 0.5) is 21.9 Å². The molecule has 0 aliphatic heterocycles. The van der Waals surface area contributed by atoms with Gasteiger partial charge in [0.1, 0.15) is 17.1 Å². The number of pyridine rings is 3. The quantitative estimate of drug-likeness (QED) is 0.127. The van der Waals surface area contributed by atoms with E-state index in [4.69, 9.17) is 4.74 Å². The summed E-state index contributed by atoms with van der Waals surface area (Å²) < 4.78 is 7.18. The molecule has 0 radical (unpaired) electrons. The Morgan fingerprint density at radius 1 is 0.894 bits per heavy atom. The summed E-state index contributed by atoms with van der Waals surface area (Å²) in [5.74, 6) is 0.887.